The first-order valence-corrected chi connectivity index (χ1v) is 8.76. The molecule has 28 heavy (non-hydrogen) atoms. The van der Waals surface area contributed by atoms with Crippen molar-refractivity contribution in [3.8, 4) is 11.8 Å². The van der Waals surface area contributed by atoms with Crippen molar-refractivity contribution in [3.05, 3.63) is 76.4 Å². The second kappa shape index (κ2) is 8.42. The SMILES string of the molecule is COc1cc(Cl)c(C)cc1NC(=O)c1ccc(Nc2ccc(C#N)cc2)nc1. The van der Waals surface area contributed by atoms with Crippen LogP contribution in [-0.2, 0) is 0 Å². The topological polar surface area (TPSA) is 87.0 Å². The number of hydrogen-bond acceptors (Lipinski definition) is 5. The third-order valence-electron chi connectivity index (χ3n) is 4.04. The van der Waals surface area contributed by atoms with Crippen molar-refractivity contribution in [3.63, 3.8) is 0 Å². The molecular weight excluding hydrogens is 376 g/mol. The van der Waals surface area contributed by atoms with E-state index in [4.69, 9.17) is 21.6 Å². The summed E-state index contributed by atoms with van der Waals surface area (Å²) < 4.78 is 5.28. The molecule has 0 saturated heterocycles. The molecule has 1 aromatic heterocycles. The molecule has 0 spiro atoms. The summed E-state index contributed by atoms with van der Waals surface area (Å²) in [5.41, 5.74) is 3.15. The van der Waals surface area contributed by atoms with Crippen LogP contribution in [0.2, 0.25) is 5.02 Å². The molecule has 0 aliphatic rings. The van der Waals surface area contributed by atoms with Crippen molar-refractivity contribution in [2.24, 2.45) is 0 Å². The summed E-state index contributed by atoms with van der Waals surface area (Å²) in [4.78, 5) is 16.8. The van der Waals surface area contributed by atoms with E-state index in [9.17, 15) is 4.79 Å². The van der Waals surface area contributed by atoms with E-state index in [1.54, 1.807) is 48.5 Å². The highest BCUT2D eigenvalue weighted by Crippen LogP contribution is 2.31. The first-order valence-electron chi connectivity index (χ1n) is 8.39. The zero-order valence-corrected chi connectivity index (χ0v) is 16.0. The Balaban J connectivity index is 1.71. The standard InChI is InChI=1S/C21H17ClN4O2/c1-13-9-18(19(28-2)10-17(13)22)26-21(27)15-5-8-20(24-12-15)25-16-6-3-14(11-23)4-7-16/h3-10,12H,1-2H3,(H,24,25)(H,26,27). The number of nitrogens with one attached hydrogen (secondary N) is 2. The predicted octanol–water partition coefficient (Wildman–Crippen LogP) is 4.92. The number of halogens is 1. The molecule has 0 atom stereocenters. The zero-order valence-electron chi connectivity index (χ0n) is 15.3. The van der Waals surface area contributed by atoms with Crippen molar-refractivity contribution in [1.82, 2.24) is 4.98 Å². The van der Waals surface area contributed by atoms with E-state index in [-0.39, 0.29) is 5.91 Å². The van der Waals surface area contributed by atoms with Crippen LogP contribution in [0.4, 0.5) is 17.2 Å². The van der Waals surface area contributed by atoms with Gasteiger partial charge in [-0.1, -0.05) is 11.6 Å². The number of aromatic nitrogens is 1. The molecule has 0 aliphatic heterocycles. The molecule has 1 amide bonds. The van der Waals surface area contributed by atoms with Crippen LogP contribution < -0.4 is 15.4 Å². The molecule has 0 fully saturated rings. The van der Waals surface area contributed by atoms with Crippen LogP contribution in [0.5, 0.6) is 5.75 Å². The number of nitrogens with zero attached hydrogens (tertiary/aromatic N) is 2. The van der Waals surface area contributed by atoms with Crippen molar-refractivity contribution >= 4 is 34.7 Å². The lowest BCUT2D eigenvalue weighted by Crippen LogP contribution is -2.13. The van der Waals surface area contributed by atoms with Gasteiger partial charge in [0.2, 0.25) is 0 Å². The molecule has 0 radical (unpaired) electrons. The lowest BCUT2D eigenvalue weighted by molar-refractivity contribution is 0.102. The van der Waals surface area contributed by atoms with E-state index in [1.165, 1.54) is 13.3 Å². The number of carbonyl (C=O) groups excluding carboxylic acids is 1. The van der Waals surface area contributed by atoms with Crippen LogP contribution in [0.15, 0.2) is 54.7 Å². The molecule has 140 valence electrons. The number of rotatable bonds is 5. The summed E-state index contributed by atoms with van der Waals surface area (Å²) in [6, 6.07) is 15.9. The third kappa shape index (κ3) is 4.40. The molecule has 0 bridgehead atoms. The average Bonchev–Trinajstić information content (AvgIpc) is 2.71. The number of anilines is 3. The van der Waals surface area contributed by atoms with Gasteiger partial charge < -0.3 is 15.4 Å². The van der Waals surface area contributed by atoms with Crippen LogP contribution in [0.25, 0.3) is 0 Å². The van der Waals surface area contributed by atoms with Gasteiger partial charge in [-0.2, -0.15) is 5.26 Å². The van der Waals surface area contributed by atoms with Crippen LogP contribution in [0, 0.1) is 18.3 Å². The molecule has 0 aliphatic carbocycles. The van der Waals surface area contributed by atoms with Crippen LogP contribution >= 0.6 is 11.6 Å². The number of nitriles is 1. The van der Waals surface area contributed by atoms with E-state index in [0.29, 0.717) is 33.4 Å². The van der Waals surface area contributed by atoms with Crippen LogP contribution in [-0.4, -0.2) is 18.0 Å². The second-order valence-corrected chi connectivity index (χ2v) is 6.41. The molecule has 3 aromatic rings. The smallest absolute Gasteiger partial charge is 0.257 e. The molecule has 6 nitrogen and oxygen atoms in total. The summed E-state index contributed by atoms with van der Waals surface area (Å²) in [7, 11) is 1.52. The highest BCUT2D eigenvalue weighted by Gasteiger charge is 2.12. The van der Waals surface area contributed by atoms with Gasteiger partial charge in [-0.25, -0.2) is 4.98 Å². The predicted molar refractivity (Wildman–Crippen MR) is 109 cm³/mol. The highest BCUT2D eigenvalue weighted by atomic mass is 35.5. The average molecular weight is 393 g/mol. The van der Waals surface area contributed by atoms with E-state index in [1.807, 2.05) is 6.92 Å². The number of pyridine rings is 1. The normalized spacial score (nSPS) is 10.1. The molecule has 7 heteroatoms. The number of ether oxygens (including phenoxy) is 1. The van der Waals surface area contributed by atoms with Crippen molar-refractivity contribution < 1.29 is 9.53 Å². The van der Waals surface area contributed by atoms with E-state index >= 15 is 0 Å². The van der Waals surface area contributed by atoms with Crippen molar-refractivity contribution in [2.75, 3.05) is 17.7 Å². The zero-order chi connectivity index (χ0) is 20.1. The summed E-state index contributed by atoms with van der Waals surface area (Å²) >= 11 is 6.09. The van der Waals surface area contributed by atoms with Gasteiger partial charge in [-0.15, -0.1) is 0 Å². The van der Waals surface area contributed by atoms with Gasteiger partial charge in [0.1, 0.15) is 11.6 Å². The lowest BCUT2D eigenvalue weighted by atomic mass is 10.2. The number of carbonyl (C=O) groups is 1. The number of amides is 1. The number of benzene rings is 2. The minimum atomic E-state index is -0.308. The highest BCUT2D eigenvalue weighted by molar-refractivity contribution is 6.31. The van der Waals surface area contributed by atoms with E-state index < -0.39 is 0 Å². The van der Waals surface area contributed by atoms with Gasteiger partial charge in [-0.05, 0) is 55.0 Å². The fourth-order valence-electron chi connectivity index (χ4n) is 2.50. The quantitative estimate of drug-likeness (QED) is 0.643. The Labute approximate surface area is 167 Å². The van der Waals surface area contributed by atoms with Gasteiger partial charge >= 0.3 is 0 Å². The Morgan fingerprint density at radius 2 is 1.93 bits per heavy atom. The van der Waals surface area contributed by atoms with Gasteiger partial charge in [-0.3, -0.25) is 4.79 Å². The van der Waals surface area contributed by atoms with E-state index in [2.05, 4.69) is 21.7 Å². The molecule has 0 saturated carbocycles. The second-order valence-electron chi connectivity index (χ2n) is 6.00. The van der Waals surface area contributed by atoms with Crippen molar-refractivity contribution in [1.29, 1.82) is 5.26 Å². The van der Waals surface area contributed by atoms with Gasteiger partial charge in [0, 0.05) is 23.0 Å². The summed E-state index contributed by atoms with van der Waals surface area (Å²) in [5, 5.41) is 15.3. The van der Waals surface area contributed by atoms with Crippen LogP contribution in [0.1, 0.15) is 21.5 Å². The van der Waals surface area contributed by atoms with Crippen molar-refractivity contribution in [2.45, 2.75) is 6.92 Å². The van der Waals surface area contributed by atoms with Gasteiger partial charge in [0.05, 0.1) is 30.0 Å². The maximum Gasteiger partial charge on any atom is 0.257 e. The summed E-state index contributed by atoms with van der Waals surface area (Å²) in [5.74, 6) is 0.759. The Morgan fingerprint density at radius 3 is 2.54 bits per heavy atom. The fraction of sp³-hybridized carbons (Fsp3) is 0.0952. The number of hydrogen-bond donors (Lipinski definition) is 2. The van der Waals surface area contributed by atoms with Gasteiger partial charge in [0.15, 0.2) is 0 Å². The minimum Gasteiger partial charge on any atom is -0.495 e. The molecule has 1 heterocycles. The molecule has 2 aromatic carbocycles. The number of methoxy groups -OCH3 is 1. The summed E-state index contributed by atoms with van der Waals surface area (Å²) in [6.07, 6.45) is 1.48. The fourth-order valence-corrected chi connectivity index (χ4v) is 2.66. The first-order chi connectivity index (χ1) is 13.5. The number of aryl methyl sites for hydroxylation is 1. The molecule has 2 N–H and O–H groups in total. The third-order valence-corrected chi connectivity index (χ3v) is 4.45. The largest absolute Gasteiger partial charge is 0.495 e. The Kier molecular flexibility index (Phi) is 5.78. The molecular formula is C21H17ClN4O2. The summed E-state index contributed by atoms with van der Waals surface area (Å²) in [6.45, 7) is 1.85. The maximum absolute atomic E-state index is 12.5. The maximum atomic E-state index is 12.5. The Bertz CT molecular complexity index is 1040. The first kappa shape index (κ1) is 19.2. The monoisotopic (exact) mass is 392 g/mol. The Hall–Kier alpha value is -3.56. The minimum absolute atomic E-state index is 0.308. The Morgan fingerprint density at radius 1 is 1.18 bits per heavy atom. The molecule has 3 rings (SSSR count). The van der Waals surface area contributed by atoms with E-state index in [0.717, 1.165) is 11.3 Å². The van der Waals surface area contributed by atoms with Gasteiger partial charge in [0.25, 0.3) is 5.91 Å². The lowest BCUT2D eigenvalue weighted by Gasteiger charge is -2.12. The van der Waals surface area contributed by atoms with Crippen LogP contribution in [0.3, 0.4) is 0 Å². The molecule has 0 unspecified atom stereocenters.